The van der Waals surface area contributed by atoms with Crippen molar-refractivity contribution in [1.29, 1.82) is 0 Å². The summed E-state index contributed by atoms with van der Waals surface area (Å²) in [5, 5.41) is 14.0. The number of aliphatic hydroxyl groups excluding tert-OH is 1. The third kappa shape index (κ3) is 3.31. The Labute approximate surface area is 135 Å². The lowest BCUT2D eigenvalue weighted by atomic mass is 9.89. The Hall–Kier alpha value is -2.10. The molecule has 3 nitrogen and oxygen atoms in total. The molecule has 0 bridgehead atoms. The fourth-order valence-electron chi connectivity index (χ4n) is 3.14. The maximum Gasteiger partial charge on any atom is 0.134 e. The first-order valence-electron chi connectivity index (χ1n) is 8.23. The van der Waals surface area contributed by atoms with E-state index in [1.807, 2.05) is 6.07 Å². The average Bonchev–Trinajstić information content (AvgIpc) is 2.93. The zero-order valence-corrected chi connectivity index (χ0v) is 13.0. The topological polar surface area (TPSA) is 45.4 Å². The summed E-state index contributed by atoms with van der Waals surface area (Å²) < 4.78 is 6.01. The van der Waals surface area contributed by atoms with Crippen LogP contribution in [0, 0.1) is 0 Å². The first kappa shape index (κ1) is 14.5. The van der Waals surface area contributed by atoms with Crippen LogP contribution >= 0.6 is 0 Å². The van der Waals surface area contributed by atoms with Crippen molar-refractivity contribution in [3.8, 4) is 0 Å². The van der Waals surface area contributed by atoms with Gasteiger partial charge in [-0.25, -0.2) is 0 Å². The van der Waals surface area contributed by atoms with Gasteiger partial charge in [0.1, 0.15) is 11.3 Å². The lowest BCUT2D eigenvalue weighted by molar-refractivity contribution is 0.0619. The summed E-state index contributed by atoms with van der Waals surface area (Å²) in [6.07, 6.45) is 2.44. The molecule has 3 heteroatoms. The predicted molar refractivity (Wildman–Crippen MR) is 91.3 cm³/mol. The van der Waals surface area contributed by atoms with Crippen LogP contribution in [-0.4, -0.2) is 17.3 Å². The van der Waals surface area contributed by atoms with Crippen LogP contribution in [0.3, 0.4) is 0 Å². The molecule has 1 fully saturated rings. The van der Waals surface area contributed by atoms with Crippen molar-refractivity contribution < 1.29 is 9.52 Å². The zero-order chi connectivity index (χ0) is 15.6. The molecule has 1 saturated carbocycles. The van der Waals surface area contributed by atoms with Crippen molar-refractivity contribution in [2.24, 2.45) is 0 Å². The van der Waals surface area contributed by atoms with Crippen LogP contribution < -0.4 is 5.32 Å². The molecule has 23 heavy (non-hydrogen) atoms. The minimum Gasteiger partial charge on any atom is -0.461 e. The van der Waals surface area contributed by atoms with Crippen molar-refractivity contribution in [3.05, 3.63) is 71.5 Å². The Bertz CT molecular complexity index is 788. The highest BCUT2D eigenvalue weighted by Gasteiger charge is 2.26. The molecule has 2 N–H and O–H groups in total. The molecule has 1 aliphatic carbocycles. The van der Waals surface area contributed by atoms with Crippen LogP contribution in [0.25, 0.3) is 11.0 Å². The molecule has 0 atom stereocenters. The number of fused-ring (bicyclic) bond motifs is 1. The molecular weight excluding hydrogens is 286 g/mol. The third-order valence-electron chi connectivity index (χ3n) is 4.56. The van der Waals surface area contributed by atoms with Crippen molar-refractivity contribution in [1.82, 2.24) is 5.32 Å². The third-order valence-corrected chi connectivity index (χ3v) is 4.56. The maximum absolute atomic E-state index is 9.33. The van der Waals surface area contributed by atoms with Gasteiger partial charge < -0.3 is 14.8 Å². The van der Waals surface area contributed by atoms with E-state index in [1.54, 1.807) is 0 Å². The maximum atomic E-state index is 9.33. The molecule has 4 rings (SSSR count). The zero-order valence-electron chi connectivity index (χ0n) is 13.0. The van der Waals surface area contributed by atoms with Crippen LogP contribution in [0.2, 0.25) is 0 Å². The summed E-state index contributed by atoms with van der Waals surface area (Å²) in [6, 6.07) is 19.3. The molecule has 0 amide bonds. The predicted octanol–water partition coefficient (Wildman–Crippen LogP) is 3.64. The van der Waals surface area contributed by atoms with E-state index in [0.29, 0.717) is 6.04 Å². The van der Waals surface area contributed by atoms with Crippen molar-refractivity contribution >= 4 is 11.0 Å². The minimum absolute atomic E-state index is 0.111. The fraction of sp³-hybridized carbons (Fsp3) is 0.300. The second-order valence-electron chi connectivity index (χ2n) is 6.45. The first-order chi connectivity index (χ1) is 11.3. The van der Waals surface area contributed by atoms with E-state index in [0.717, 1.165) is 42.5 Å². The van der Waals surface area contributed by atoms with Gasteiger partial charge in [-0.05, 0) is 36.1 Å². The highest BCUT2D eigenvalue weighted by atomic mass is 16.3. The molecule has 0 unspecified atom stereocenters. The number of aliphatic hydroxyl groups is 1. The normalized spacial score (nSPS) is 20.6. The molecule has 2 aromatic carbocycles. The standard InChI is InChI=1S/C20H21NO2/c22-18-11-17(12-18)21-13-15-6-7-16-10-19(23-20(16)9-15)8-14-4-2-1-3-5-14/h1-7,9-10,17-18,21-22H,8,11-13H2. The SMILES string of the molecule is OC1CC(NCc2ccc3cc(Cc4ccccc4)oc3c2)C1. The van der Waals surface area contributed by atoms with Crippen LogP contribution in [0.15, 0.2) is 59.0 Å². The highest BCUT2D eigenvalue weighted by Crippen LogP contribution is 2.24. The van der Waals surface area contributed by atoms with Crippen molar-refractivity contribution in [2.75, 3.05) is 0 Å². The Kier molecular flexibility index (Phi) is 3.90. The Morgan fingerprint density at radius 2 is 1.83 bits per heavy atom. The summed E-state index contributed by atoms with van der Waals surface area (Å²) in [5.41, 5.74) is 3.43. The first-order valence-corrected chi connectivity index (χ1v) is 8.23. The summed E-state index contributed by atoms with van der Waals surface area (Å²) in [6.45, 7) is 0.821. The van der Waals surface area contributed by atoms with Crippen LogP contribution in [0.4, 0.5) is 0 Å². The number of rotatable bonds is 5. The van der Waals surface area contributed by atoms with E-state index in [1.165, 1.54) is 11.1 Å². The van der Waals surface area contributed by atoms with Gasteiger partial charge >= 0.3 is 0 Å². The minimum atomic E-state index is -0.111. The van der Waals surface area contributed by atoms with E-state index in [9.17, 15) is 5.11 Å². The summed E-state index contributed by atoms with van der Waals surface area (Å²) in [4.78, 5) is 0. The lowest BCUT2D eigenvalue weighted by Gasteiger charge is -2.32. The van der Waals surface area contributed by atoms with Crippen molar-refractivity contribution in [3.63, 3.8) is 0 Å². The van der Waals surface area contributed by atoms with Crippen LogP contribution in [0.1, 0.15) is 29.7 Å². The smallest absolute Gasteiger partial charge is 0.134 e. The number of hydrogen-bond donors (Lipinski definition) is 2. The van der Waals surface area contributed by atoms with E-state index < -0.39 is 0 Å². The number of hydrogen-bond acceptors (Lipinski definition) is 3. The van der Waals surface area contributed by atoms with Gasteiger partial charge in [0.15, 0.2) is 0 Å². The molecule has 1 aliphatic rings. The van der Waals surface area contributed by atoms with E-state index in [2.05, 4.69) is 53.8 Å². The van der Waals surface area contributed by atoms with Gasteiger partial charge in [0.2, 0.25) is 0 Å². The Morgan fingerprint density at radius 1 is 1.00 bits per heavy atom. The summed E-state index contributed by atoms with van der Waals surface area (Å²) in [5.74, 6) is 0.999. The molecule has 0 saturated heterocycles. The number of benzene rings is 2. The monoisotopic (exact) mass is 307 g/mol. The van der Waals surface area contributed by atoms with E-state index >= 15 is 0 Å². The molecule has 0 aliphatic heterocycles. The Morgan fingerprint density at radius 3 is 2.61 bits per heavy atom. The van der Waals surface area contributed by atoms with Crippen LogP contribution in [-0.2, 0) is 13.0 Å². The van der Waals surface area contributed by atoms with Gasteiger partial charge in [-0.2, -0.15) is 0 Å². The molecule has 118 valence electrons. The van der Waals surface area contributed by atoms with Gasteiger partial charge in [0.05, 0.1) is 6.10 Å². The number of furan rings is 1. The molecule has 0 spiro atoms. The van der Waals surface area contributed by atoms with Gasteiger partial charge in [-0.3, -0.25) is 0 Å². The Balaban J connectivity index is 1.46. The van der Waals surface area contributed by atoms with Gasteiger partial charge in [-0.15, -0.1) is 0 Å². The summed E-state index contributed by atoms with van der Waals surface area (Å²) in [7, 11) is 0. The molecule has 3 aromatic rings. The lowest BCUT2D eigenvalue weighted by Crippen LogP contribution is -2.43. The van der Waals surface area contributed by atoms with Crippen molar-refractivity contribution in [2.45, 2.75) is 38.0 Å². The summed E-state index contributed by atoms with van der Waals surface area (Å²) >= 11 is 0. The highest BCUT2D eigenvalue weighted by molar-refractivity contribution is 5.78. The molecular formula is C20H21NO2. The van der Waals surface area contributed by atoms with E-state index in [-0.39, 0.29) is 6.10 Å². The molecule has 0 radical (unpaired) electrons. The van der Waals surface area contributed by atoms with Gasteiger partial charge in [0.25, 0.3) is 0 Å². The van der Waals surface area contributed by atoms with Gasteiger partial charge in [-0.1, -0.05) is 42.5 Å². The van der Waals surface area contributed by atoms with Crippen LogP contribution in [0.5, 0.6) is 0 Å². The number of nitrogens with one attached hydrogen (secondary N) is 1. The quantitative estimate of drug-likeness (QED) is 0.756. The molecule has 1 aromatic heterocycles. The second-order valence-corrected chi connectivity index (χ2v) is 6.45. The fourth-order valence-corrected chi connectivity index (χ4v) is 3.14. The largest absolute Gasteiger partial charge is 0.461 e. The van der Waals surface area contributed by atoms with E-state index in [4.69, 9.17) is 4.42 Å². The molecule has 1 heterocycles. The second kappa shape index (κ2) is 6.19. The average molecular weight is 307 g/mol. The van der Waals surface area contributed by atoms with Gasteiger partial charge in [0, 0.05) is 24.4 Å².